The second kappa shape index (κ2) is 4.61. The SMILES string of the molecule is CC1CCN(C(=O)c2oc3ccccc3c2N)CC1. The number of nitrogens with two attached hydrogens (primary N) is 1. The smallest absolute Gasteiger partial charge is 0.291 e. The number of anilines is 1. The normalized spacial score (nSPS) is 17.0. The van der Waals surface area contributed by atoms with Gasteiger partial charge in [0, 0.05) is 18.5 Å². The van der Waals surface area contributed by atoms with Crippen molar-refractivity contribution in [3.8, 4) is 0 Å². The third-order valence-corrected chi connectivity index (χ3v) is 3.90. The van der Waals surface area contributed by atoms with E-state index in [1.807, 2.05) is 29.2 Å². The summed E-state index contributed by atoms with van der Waals surface area (Å²) in [5.74, 6) is 0.897. The number of rotatable bonds is 1. The third kappa shape index (κ3) is 2.07. The van der Waals surface area contributed by atoms with Crippen molar-refractivity contribution in [2.45, 2.75) is 19.8 Å². The molecule has 4 nitrogen and oxygen atoms in total. The van der Waals surface area contributed by atoms with Gasteiger partial charge in [-0.15, -0.1) is 0 Å². The van der Waals surface area contributed by atoms with E-state index >= 15 is 0 Å². The molecule has 19 heavy (non-hydrogen) atoms. The molecule has 1 fully saturated rings. The largest absolute Gasteiger partial charge is 0.449 e. The number of carbonyl (C=O) groups is 1. The molecule has 100 valence electrons. The van der Waals surface area contributed by atoms with Crippen molar-refractivity contribution in [3.05, 3.63) is 30.0 Å². The van der Waals surface area contributed by atoms with Crippen LogP contribution >= 0.6 is 0 Å². The van der Waals surface area contributed by atoms with Gasteiger partial charge in [-0.3, -0.25) is 4.79 Å². The molecule has 0 bridgehead atoms. The lowest BCUT2D eigenvalue weighted by molar-refractivity contribution is 0.0669. The number of hydrogen-bond donors (Lipinski definition) is 1. The van der Waals surface area contributed by atoms with Crippen LogP contribution < -0.4 is 5.73 Å². The number of nitrogens with zero attached hydrogens (tertiary/aromatic N) is 1. The monoisotopic (exact) mass is 258 g/mol. The van der Waals surface area contributed by atoms with Gasteiger partial charge < -0.3 is 15.1 Å². The molecule has 1 aliphatic rings. The lowest BCUT2D eigenvalue weighted by Gasteiger charge is -2.29. The maximum Gasteiger partial charge on any atom is 0.291 e. The summed E-state index contributed by atoms with van der Waals surface area (Å²) in [5.41, 5.74) is 7.16. The van der Waals surface area contributed by atoms with Gasteiger partial charge >= 0.3 is 0 Å². The molecule has 2 N–H and O–H groups in total. The molecule has 0 atom stereocenters. The summed E-state index contributed by atoms with van der Waals surface area (Å²) in [6.07, 6.45) is 2.09. The Morgan fingerprint density at radius 1 is 1.32 bits per heavy atom. The number of furan rings is 1. The molecule has 1 aromatic carbocycles. The first-order chi connectivity index (χ1) is 9.16. The highest BCUT2D eigenvalue weighted by atomic mass is 16.3. The second-order valence-corrected chi connectivity index (χ2v) is 5.32. The second-order valence-electron chi connectivity index (χ2n) is 5.32. The first-order valence-electron chi connectivity index (χ1n) is 6.73. The molecular weight excluding hydrogens is 240 g/mol. The number of nitrogen functional groups attached to an aromatic ring is 1. The van der Waals surface area contributed by atoms with Gasteiger partial charge in [0.05, 0.1) is 5.69 Å². The maximum absolute atomic E-state index is 12.4. The van der Waals surface area contributed by atoms with Crippen LogP contribution in [0.25, 0.3) is 11.0 Å². The van der Waals surface area contributed by atoms with E-state index in [0.29, 0.717) is 17.2 Å². The van der Waals surface area contributed by atoms with E-state index in [1.165, 1.54) is 0 Å². The molecule has 0 aliphatic carbocycles. The molecule has 0 radical (unpaired) electrons. The predicted octanol–water partition coefficient (Wildman–Crippen LogP) is 2.89. The highest BCUT2D eigenvalue weighted by Gasteiger charge is 2.26. The lowest BCUT2D eigenvalue weighted by Crippen LogP contribution is -2.38. The number of benzene rings is 1. The van der Waals surface area contributed by atoms with Crippen molar-refractivity contribution in [2.24, 2.45) is 5.92 Å². The Labute approximate surface area is 112 Å². The average molecular weight is 258 g/mol. The molecule has 2 aromatic rings. The average Bonchev–Trinajstić information content (AvgIpc) is 2.77. The minimum Gasteiger partial charge on any atom is -0.449 e. The van der Waals surface area contributed by atoms with Crippen molar-refractivity contribution in [1.82, 2.24) is 4.90 Å². The predicted molar refractivity (Wildman–Crippen MR) is 74.9 cm³/mol. The van der Waals surface area contributed by atoms with Gasteiger partial charge in [0.15, 0.2) is 0 Å². The number of para-hydroxylation sites is 1. The summed E-state index contributed by atoms with van der Waals surface area (Å²) >= 11 is 0. The summed E-state index contributed by atoms with van der Waals surface area (Å²) in [7, 11) is 0. The molecule has 3 rings (SSSR count). The minimum absolute atomic E-state index is 0.0828. The van der Waals surface area contributed by atoms with Crippen LogP contribution in [0.2, 0.25) is 0 Å². The van der Waals surface area contributed by atoms with Crippen molar-refractivity contribution >= 4 is 22.6 Å². The fourth-order valence-corrected chi connectivity index (χ4v) is 2.58. The molecule has 0 spiro atoms. The highest BCUT2D eigenvalue weighted by Crippen LogP contribution is 2.29. The standard InChI is InChI=1S/C15H18N2O2/c1-10-6-8-17(9-7-10)15(18)14-13(16)11-4-2-3-5-12(11)19-14/h2-5,10H,6-9,16H2,1H3. The summed E-state index contributed by atoms with van der Waals surface area (Å²) in [6.45, 7) is 3.80. The van der Waals surface area contributed by atoms with Gasteiger partial charge in [0.25, 0.3) is 5.91 Å². The van der Waals surface area contributed by atoms with Crippen molar-refractivity contribution in [1.29, 1.82) is 0 Å². The van der Waals surface area contributed by atoms with E-state index in [-0.39, 0.29) is 11.7 Å². The summed E-state index contributed by atoms with van der Waals surface area (Å²) in [6, 6.07) is 7.48. The van der Waals surface area contributed by atoms with E-state index in [2.05, 4.69) is 6.92 Å². The van der Waals surface area contributed by atoms with Crippen molar-refractivity contribution in [3.63, 3.8) is 0 Å². The zero-order chi connectivity index (χ0) is 13.4. The summed E-state index contributed by atoms with van der Waals surface area (Å²) in [4.78, 5) is 14.3. The summed E-state index contributed by atoms with van der Waals surface area (Å²) < 4.78 is 5.62. The summed E-state index contributed by atoms with van der Waals surface area (Å²) in [5, 5.41) is 0.816. The van der Waals surface area contributed by atoms with Crippen molar-refractivity contribution < 1.29 is 9.21 Å². The fraction of sp³-hybridized carbons (Fsp3) is 0.400. The van der Waals surface area contributed by atoms with Gasteiger partial charge in [0.1, 0.15) is 5.58 Å². The number of likely N-dealkylation sites (tertiary alicyclic amines) is 1. The van der Waals surface area contributed by atoms with E-state index in [0.717, 1.165) is 31.3 Å². The molecule has 0 saturated carbocycles. The van der Waals surface area contributed by atoms with E-state index < -0.39 is 0 Å². The van der Waals surface area contributed by atoms with Crippen LogP contribution in [0.4, 0.5) is 5.69 Å². The van der Waals surface area contributed by atoms with Crippen LogP contribution in [0.15, 0.2) is 28.7 Å². The molecule has 1 aliphatic heterocycles. The quantitative estimate of drug-likeness (QED) is 0.855. The van der Waals surface area contributed by atoms with Gasteiger partial charge in [-0.05, 0) is 30.9 Å². The Hall–Kier alpha value is -1.97. The first kappa shape index (κ1) is 12.1. The molecule has 1 aromatic heterocycles. The van der Waals surface area contributed by atoms with Crippen LogP contribution in [-0.2, 0) is 0 Å². The zero-order valence-corrected chi connectivity index (χ0v) is 11.1. The van der Waals surface area contributed by atoms with Crippen LogP contribution in [0.3, 0.4) is 0 Å². The van der Waals surface area contributed by atoms with Gasteiger partial charge in [-0.2, -0.15) is 0 Å². The Morgan fingerprint density at radius 3 is 2.68 bits per heavy atom. The Balaban J connectivity index is 1.91. The van der Waals surface area contributed by atoms with Crippen LogP contribution in [0.1, 0.15) is 30.3 Å². The van der Waals surface area contributed by atoms with Crippen LogP contribution in [0, 0.1) is 5.92 Å². The molecular formula is C15H18N2O2. The third-order valence-electron chi connectivity index (χ3n) is 3.90. The van der Waals surface area contributed by atoms with Crippen molar-refractivity contribution in [2.75, 3.05) is 18.8 Å². The number of hydrogen-bond acceptors (Lipinski definition) is 3. The number of fused-ring (bicyclic) bond motifs is 1. The fourth-order valence-electron chi connectivity index (χ4n) is 2.58. The number of piperidine rings is 1. The van der Waals surface area contributed by atoms with Gasteiger partial charge in [-0.25, -0.2) is 0 Å². The highest BCUT2D eigenvalue weighted by molar-refractivity contribution is 6.05. The van der Waals surface area contributed by atoms with Gasteiger partial charge in [-0.1, -0.05) is 19.1 Å². The molecule has 1 saturated heterocycles. The van der Waals surface area contributed by atoms with E-state index in [4.69, 9.17) is 10.2 Å². The first-order valence-corrected chi connectivity index (χ1v) is 6.73. The van der Waals surface area contributed by atoms with E-state index in [9.17, 15) is 4.79 Å². The Morgan fingerprint density at radius 2 is 2.00 bits per heavy atom. The Bertz CT molecular complexity index is 610. The van der Waals surface area contributed by atoms with Crippen LogP contribution in [0.5, 0.6) is 0 Å². The van der Waals surface area contributed by atoms with Gasteiger partial charge in [0.2, 0.25) is 5.76 Å². The Kier molecular flexibility index (Phi) is 2.93. The molecule has 4 heteroatoms. The number of amides is 1. The topological polar surface area (TPSA) is 59.5 Å². The van der Waals surface area contributed by atoms with Crippen LogP contribution in [-0.4, -0.2) is 23.9 Å². The molecule has 0 unspecified atom stereocenters. The zero-order valence-electron chi connectivity index (χ0n) is 11.1. The minimum atomic E-state index is -0.0828. The number of carbonyl (C=O) groups excluding carboxylic acids is 1. The molecule has 2 heterocycles. The lowest BCUT2D eigenvalue weighted by atomic mass is 9.99. The molecule has 1 amide bonds. The van der Waals surface area contributed by atoms with E-state index in [1.54, 1.807) is 0 Å². The maximum atomic E-state index is 12.4.